The van der Waals surface area contributed by atoms with Crippen molar-refractivity contribution in [3.8, 4) is 0 Å². The van der Waals surface area contributed by atoms with E-state index in [9.17, 15) is 4.79 Å². The Labute approximate surface area is 143 Å². The minimum atomic E-state index is -0.00490. The number of carbonyl (C=O) groups excluding carboxylic acids is 1. The van der Waals surface area contributed by atoms with E-state index in [1.54, 1.807) is 6.07 Å². The van der Waals surface area contributed by atoms with Crippen LogP contribution in [0, 0.1) is 12.8 Å². The molecule has 128 valence electrons. The van der Waals surface area contributed by atoms with Crippen molar-refractivity contribution in [2.75, 3.05) is 25.0 Å². The highest BCUT2D eigenvalue weighted by atomic mass is 16.5. The molecule has 24 heavy (non-hydrogen) atoms. The lowest BCUT2D eigenvalue weighted by atomic mass is 9.90. The topological polar surface area (TPSA) is 58.4 Å². The SMILES string of the molecule is Cc1cc(NC(=O)CCN2CCC(Cc3ccccc3)CC2)no1. The molecule has 0 unspecified atom stereocenters. The third-order valence-corrected chi connectivity index (χ3v) is 4.62. The monoisotopic (exact) mass is 327 g/mol. The summed E-state index contributed by atoms with van der Waals surface area (Å²) in [5.41, 5.74) is 1.43. The maximum absolute atomic E-state index is 12.0. The Hall–Kier alpha value is -2.14. The van der Waals surface area contributed by atoms with Crippen LogP contribution in [0.25, 0.3) is 0 Å². The van der Waals surface area contributed by atoms with Crippen LogP contribution in [0.5, 0.6) is 0 Å². The molecule has 0 spiro atoms. The Morgan fingerprint density at radius 2 is 2.04 bits per heavy atom. The van der Waals surface area contributed by atoms with Crippen LogP contribution in [0.1, 0.15) is 30.6 Å². The number of anilines is 1. The molecule has 5 nitrogen and oxygen atoms in total. The van der Waals surface area contributed by atoms with Gasteiger partial charge in [0.2, 0.25) is 5.91 Å². The molecule has 0 atom stereocenters. The highest BCUT2D eigenvalue weighted by Crippen LogP contribution is 2.21. The molecule has 1 N–H and O–H groups in total. The highest BCUT2D eigenvalue weighted by Gasteiger charge is 2.20. The first-order valence-electron chi connectivity index (χ1n) is 8.68. The summed E-state index contributed by atoms with van der Waals surface area (Å²) in [6.07, 6.45) is 4.08. The molecule has 1 aliphatic heterocycles. The van der Waals surface area contributed by atoms with Gasteiger partial charge in [-0.2, -0.15) is 0 Å². The van der Waals surface area contributed by atoms with E-state index in [4.69, 9.17) is 4.52 Å². The van der Waals surface area contributed by atoms with Crippen LogP contribution in [0.4, 0.5) is 5.82 Å². The van der Waals surface area contributed by atoms with Crippen LogP contribution in [0.2, 0.25) is 0 Å². The van der Waals surface area contributed by atoms with Gasteiger partial charge >= 0.3 is 0 Å². The van der Waals surface area contributed by atoms with E-state index in [-0.39, 0.29) is 5.91 Å². The van der Waals surface area contributed by atoms with E-state index >= 15 is 0 Å². The lowest BCUT2D eigenvalue weighted by Gasteiger charge is -2.31. The minimum Gasteiger partial charge on any atom is -0.360 e. The quantitative estimate of drug-likeness (QED) is 0.885. The molecule has 0 aliphatic carbocycles. The molecule has 2 heterocycles. The average molecular weight is 327 g/mol. The van der Waals surface area contributed by atoms with Crippen LogP contribution in [0.3, 0.4) is 0 Å². The van der Waals surface area contributed by atoms with Crippen molar-refractivity contribution in [1.29, 1.82) is 0 Å². The lowest BCUT2D eigenvalue weighted by Crippen LogP contribution is -2.36. The third-order valence-electron chi connectivity index (χ3n) is 4.62. The second-order valence-electron chi connectivity index (χ2n) is 6.60. The van der Waals surface area contributed by atoms with Crippen LogP contribution >= 0.6 is 0 Å². The molecule has 1 aromatic carbocycles. The number of benzene rings is 1. The van der Waals surface area contributed by atoms with Crippen molar-refractivity contribution in [3.63, 3.8) is 0 Å². The molecule has 1 fully saturated rings. The Bertz CT molecular complexity index is 646. The molecule has 5 heteroatoms. The van der Waals surface area contributed by atoms with Crippen molar-refractivity contribution in [2.45, 2.75) is 32.6 Å². The van der Waals surface area contributed by atoms with E-state index in [1.165, 1.54) is 24.8 Å². The second-order valence-corrected chi connectivity index (χ2v) is 6.60. The zero-order chi connectivity index (χ0) is 16.8. The summed E-state index contributed by atoms with van der Waals surface area (Å²) in [6, 6.07) is 12.4. The number of piperidine rings is 1. The van der Waals surface area contributed by atoms with Crippen molar-refractivity contribution in [2.24, 2.45) is 5.92 Å². The van der Waals surface area contributed by atoms with Crippen molar-refractivity contribution >= 4 is 11.7 Å². The summed E-state index contributed by atoms with van der Waals surface area (Å²) >= 11 is 0. The second kappa shape index (κ2) is 8.11. The molecule has 1 amide bonds. The number of likely N-dealkylation sites (tertiary alicyclic amines) is 1. The summed E-state index contributed by atoms with van der Waals surface area (Å²) in [6.45, 7) is 4.77. The zero-order valence-corrected chi connectivity index (χ0v) is 14.2. The van der Waals surface area contributed by atoms with Gasteiger partial charge < -0.3 is 14.7 Å². The van der Waals surface area contributed by atoms with Crippen LogP contribution in [0.15, 0.2) is 40.9 Å². The van der Waals surface area contributed by atoms with Gasteiger partial charge in [-0.05, 0) is 50.8 Å². The molecule has 0 bridgehead atoms. The number of nitrogens with one attached hydrogen (secondary N) is 1. The highest BCUT2D eigenvalue weighted by molar-refractivity contribution is 5.89. The summed E-state index contributed by atoms with van der Waals surface area (Å²) in [4.78, 5) is 14.3. The molecule has 1 aromatic heterocycles. The molecule has 2 aromatic rings. The van der Waals surface area contributed by atoms with Crippen LogP contribution in [-0.2, 0) is 11.2 Å². The molecular formula is C19H25N3O2. The standard InChI is InChI=1S/C19H25N3O2/c1-15-13-18(21-24-15)20-19(23)9-12-22-10-7-17(8-11-22)14-16-5-3-2-4-6-16/h2-6,13,17H,7-12,14H2,1H3,(H,20,21,23). The molecule has 0 radical (unpaired) electrons. The van der Waals surface area contributed by atoms with Gasteiger partial charge in [-0.15, -0.1) is 0 Å². The van der Waals surface area contributed by atoms with E-state index in [0.29, 0.717) is 18.0 Å². The van der Waals surface area contributed by atoms with Gasteiger partial charge in [0, 0.05) is 19.0 Å². The normalized spacial score (nSPS) is 16.2. The fraction of sp³-hybridized carbons (Fsp3) is 0.474. The number of hydrogen-bond donors (Lipinski definition) is 1. The van der Waals surface area contributed by atoms with E-state index in [2.05, 4.69) is 45.7 Å². The van der Waals surface area contributed by atoms with Gasteiger partial charge in [-0.1, -0.05) is 35.5 Å². The smallest absolute Gasteiger partial charge is 0.226 e. The molecular weight excluding hydrogens is 302 g/mol. The minimum absolute atomic E-state index is 0.00490. The Morgan fingerprint density at radius 3 is 2.71 bits per heavy atom. The largest absolute Gasteiger partial charge is 0.360 e. The molecule has 1 saturated heterocycles. The van der Waals surface area contributed by atoms with Gasteiger partial charge in [0.1, 0.15) is 5.76 Å². The predicted octanol–water partition coefficient (Wildman–Crippen LogP) is 3.27. The number of aromatic nitrogens is 1. The predicted molar refractivity (Wildman–Crippen MR) is 93.8 cm³/mol. The van der Waals surface area contributed by atoms with E-state index in [0.717, 1.165) is 25.6 Å². The number of aryl methyl sites for hydroxylation is 1. The fourth-order valence-corrected chi connectivity index (χ4v) is 3.25. The Kier molecular flexibility index (Phi) is 5.64. The van der Waals surface area contributed by atoms with Crippen molar-refractivity contribution < 1.29 is 9.32 Å². The summed E-state index contributed by atoms with van der Waals surface area (Å²) < 4.78 is 4.95. The fourth-order valence-electron chi connectivity index (χ4n) is 3.25. The molecule has 3 rings (SSSR count). The maximum Gasteiger partial charge on any atom is 0.226 e. The summed E-state index contributed by atoms with van der Waals surface area (Å²) in [7, 11) is 0. The van der Waals surface area contributed by atoms with Gasteiger partial charge in [0.05, 0.1) is 0 Å². The lowest BCUT2D eigenvalue weighted by molar-refractivity contribution is -0.116. The molecule has 0 saturated carbocycles. The van der Waals surface area contributed by atoms with Gasteiger partial charge in [0.15, 0.2) is 5.82 Å². The first-order chi connectivity index (χ1) is 11.7. The number of amides is 1. The van der Waals surface area contributed by atoms with Crippen LogP contribution in [-0.4, -0.2) is 35.6 Å². The third kappa shape index (κ3) is 4.93. The van der Waals surface area contributed by atoms with Gasteiger partial charge in [-0.3, -0.25) is 4.79 Å². The number of rotatable bonds is 6. The van der Waals surface area contributed by atoms with Crippen molar-refractivity contribution in [3.05, 3.63) is 47.7 Å². The Balaban J connectivity index is 1.35. The maximum atomic E-state index is 12.0. The van der Waals surface area contributed by atoms with Crippen LogP contribution < -0.4 is 5.32 Å². The van der Waals surface area contributed by atoms with Gasteiger partial charge in [-0.25, -0.2) is 0 Å². The number of carbonyl (C=O) groups is 1. The summed E-state index contributed by atoms with van der Waals surface area (Å²) in [5.74, 6) is 1.95. The average Bonchev–Trinajstić information content (AvgIpc) is 3.00. The van der Waals surface area contributed by atoms with Crippen molar-refractivity contribution in [1.82, 2.24) is 10.1 Å². The summed E-state index contributed by atoms with van der Waals surface area (Å²) in [5, 5.41) is 6.55. The first kappa shape index (κ1) is 16.7. The van der Waals surface area contributed by atoms with Gasteiger partial charge in [0.25, 0.3) is 0 Å². The number of nitrogens with zero attached hydrogens (tertiary/aromatic N) is 2. The molecule has 1 aliphatic rings. The zero-order valence-electron chi connectivity index (χ0n) is 14.2. The van der Waals surface area contributed by atoms with E-state index < -0.39 is 0 Å². The Morgan fingerprint density at radius 1 is 1.29 bits per heavy atom. The number of hydrogen-bond acceptors (Lipinski definition) is 4. The van der Waals surface area contributed by atoms with E-state index in [1.807, 2.05) is 6.92 Å². The first-order valence-corrected chi connectivity index (χ1v) is 8.68.